The fraction of sp³-hybridized carbons (Fsp3) is 0. The van der Waals surface area contributed by atoms with Crippen molar-refractivity contribution in [3.8, 4) is 56.3 Å². The lowest BCUT2D eigenvalue weighted by Crippen LogP contribution is -2.01. The van der Waals surface area contributed by atoms with Gasteiger partial charge < -0.3 is 4.57 Å². The minimum atomic E-state index is -0.598. The molecule has 0 saturated heterocycles. The molecular weight excluding hydrogens is 719 g/mol. The fourth-order valence-electron chi connectivity index (χ4n) is 8.43. The molecular formula is C52H32F2N4. The van der Waals surface area contributed by atoms with Crippen LogP contribution in [0.25, 0.3) is 99.9 Å². The summed E-state index contributed by atoms with van der Waals surface area (Å²) in [6, 6.07) is 62.4. The fourth-order valence-corrected chi connectivity index (χ4v) is 8.43. The van der Waals surface area contributed by atoms with Crippen LogP contribution in [0.1, 0.15) is 0 Å². The van der Waals surface area contributed by atoms with E-state index in [4.69, 9.17) is 9.97 Å². The van der Waals surface area contributed by atoms with Crippen molar-refractivity contribution >= 4 is 43.6 Å². The Labute approximate surface area is 332 Å². The van der Waals surface area contributed by atoms with Crippen LogP contribution in [0.5, 0.6) is 0 Å². The highest BCUT2D eigenvalue weighted by atomic mass is 19.1. The second kappa shape index (κ2) is 13.5. The highest BCUT2D eigenvalue weighted by molar-refractivity contribution is 6.12. The molecule has 0 aliphatic rings. The van der Waals surface area contributed by atoms with E-state index in [1.165, 1.54) is 33.9 Å². The summed E-state index contributed by atoms with van der Waals surface area (Å²) in [7, 11) is 0. The number of hydrogen-bond donors (Lipinski definition) is 0. The van der Waals surface area contributed by atoms with Crippen LogP contribution < -0.4 is 0 Å². The Bertz CT molecular complexity index is 3340. The van der Waals surface area contributed by atoms with E-state index >= 15 is 0 Å². The first kappa shape index (κ1) is 33.6. The van der Waals surface area contributed by atoms with Gasteiger partial charge in [0.05, 0.1) is 27.8 Å². The monoisotopic (exact) mass is 750 g/mol. The van der Waals surface area contributed by atoms with Gasteiger partial charge in [0.15, 0.2) is 0 Å². The molecule has 0 aliphatic carbocycles. The summed E-state index contributed by atoms with van der Waals surface area (Å²) in [5.41, 5.74) is 12.8. The summed E-state index contributed by atoms with van der Waals surface area (Å²) in [5, 5.41) is 4.69. The molecule has 3 aromatic heterocycles. The molecule has 0 spiro atoms. The maximum Gasteiger partial charge on any atom is 0.235 e. The normalized spacial score (nSPS) is 11.6. The number of nitrogens with zero attached hydrogens (tertiary/aromatic N) is 4. The molecule has 0 radical (unpaired) electrons. The minimum absolute atomic E-state index is 0.498. The lowest BCUT2D eigenvalue weighted by atomic mass is 9.98. The van der Waals surface area contributed by atoms with Crippen LogP contribution in [-0.4, -0.2) is 19.1 Å². The van der Waals surface area contributed by atoms with E-state index in [0.717, 1.165) is 72.6 Å². The molecule has 0 unspecified atom stereocenters. The van der Waals surface area contributed by atoms with Crippen LogP contribution in [0.2, 0.25) is 0 Å². The Balaban J connectivity index is 0.970. The van der Waals surface area contributed by atoms with Crippen LogP contribution >= 0.6 is 0 Å². The molecule has 0 saturated carbocycles. The summed E-state index contributed by atoms with van der Waals surface area (Å²) in [6.07, 6.45) is 1.81. The predicted octanol–water partition coefficient (Wildman–Crippen LogP) is 13.6. The average Bonchev–Trinajstić information content (AvgIpc) is 3.79. The van der Waals surface area contributed by atoms with E-state index in [-0.39, 0.29) is 0 Å². The van der Waals surface area contributed by atoms with Crippen LogP contribution in [0.4, 0.5) is 8.78 Å². The van der Waals surface area contributed by atoms with Gasteiger partial charge in [0.2, 0.25) is 5.95 Å². The average molecular weight is 751 g/mol. The van der Waals surface area contributed by atoms with Crippen molar-refractivity contribution in [2.24, 2.45) is 0 Å². The van der Waals surface area contributed by atoms with E-state index in [0.29, 0.717) is 11.5 Å². The highest BCUT2D eigenvalue weighted by Crippen LogP contribution is 2.38. The van der Waals surface area contributed by atoms with Gasteiger partial charge >= 0.3 is 0 Å². The maximum atomic E-state index is 13.9. The van der Waals surface area contributed by atoms with E-state index < -0.39 is 11.6 Å². The largest absolute Gasteiger partial charge is 0.309 e. The number of aromatic nitrogens is 4. The highest BCUT2D eigenvalue weighted by Gasteiger charge is 2.18. The second-order valence-electron chi connectivity index (χ2n) is 14.6. The van der Waals surface area contributed by atoms with Gasteiger partial charge in [-0.3, -0.25) is 4.57 Å². The van der Waals surface area contributed by atoms with Crippen LogP contribution in [0.15, 0.2) is 194 Å². The van der Waals surface area contributed by atoms with Crippen molar-refractivity contribution in [1.29, 1.82) is 0 Å². The summed E-state index contributed by atoms with van der Waals surface area (Å²) >= 11 is 0. The molecule has 0 atom stereocenters. The first-order valence-electron chi connectivity index (χ1n) is 19.2. The summed E-state index contributed by atoms with van der Waals surface area (Å²) in [6.45, 7) is 0. The van der Waals surface area contributed by atoms with Crippen molar-refractivity contribution in [1.82, 2.24) is 19.1 Å². The van der Waals surface area contributed by atoms with Gasteiger partial charge in [-0.25, -0.2) is 18.7 Å². The molecule has 274 valence electrons. The summed E-state index contributed by atoms with van der Waals surface area (Å²) < 4.78 is 32.3. The third-order valence-electron chi connectivity index (χ3n) is 11.1. The minimum Gasteiger partial charge on any atom is -0.309 e. The van der Waals surface area contributed by atoms with Gasteiger partial charge in [0.1, 0.15) is 11.6 Å². The van der Waals surface area contributed by atoms with Crippen molar-refractivity contribution in [3.63, 3.8) is 0 Å². The van der Waals surface area contributed by atoms with Gasteiger partial charge in [-0.1, -0.05) is 109 Å². The SMILES string of the molecule is Fc1cc(F)cc(-c2ccc(-c3cccc(-c4ccnc(-n5c6ccccc6c6cc(-c7ccc8c(c7)c7ccccc7n8-c7ccccc7)ccc65)n4)c3)cc2)c1. The number of rotatable bonds is 6. The third-order valence-corrected chi connectivity index (χ3v) is 11.1. The molecule has 58 heavy (non-hydrogen) atoms. The first-order valence-corrected chi connectivity index (χ1v) is 19.2. The van der Waals surface area contributed by atoms with Crippen molar-refractivity contribution in [3.05, 3.63) is 206 Å². The van der Waals surface area contributed by atoms with Gasteiger partial charge in [0, 0.05) is 45.1 Å². The molecule has 0 amide bonds. The smallest absolute Gasteiger partial charge is 0.235 e. The number of fused-ring (bicyclic) bond motifs is 6. The Morgan fingerprint density at radius 1 is 0.345 bits per heavy atom. The van der Waals surface area contributed by atoms with Gasteiger partial charge in [-0.15, -0.1) is 0 Å². The molecule has 11 rings (SSSR count). The zero-order chi connectivity index (χ0) is 38.7. The number of para-hydroxylation sites is 3. The number of benzene rings is 8. The quantitative estimate of drug-likeness (QED) is 0.170. The molecule has 3 heterocycles. The second-order valence-corrected chi connectivity index (χ2v) is 14.6. The van der Waals surface area contributed by atoms with Crippen molar-refractivity contribution < 1.29 is 8.78 Å². The zero-order valence-electron chi connectivity index (χ0n) is 31.0. The van der Waals surface area contributed by atoms with Gasteiger partial charge in [0.25, 0.3) is 0 Å². The van der Waals surface area contributed by atoms with E-state index in [1.54, 1.807) is 0 Å². The van der Waals surface area contributed by atoms with E-state index in [2.05, 4.69) is 130 Å². The van der Waals surface area contributed by atoms with Crippen LogP contribution in [0, 0.1) is 11.6 Å². The van der Waals surface area contributed by atoms with E-state index in [9.17, 15) is 8.78 Å². The molecule has 0 fully saturated rings. The first-order chi connectivity index (χ1) is 28.6. The number of halogens is 2. The topological polar surface area (TPSA) is 35.6 Å². The summed E-state index contributed by atoms with van der Waals surface area (Å²) in [5.74, 6) is -0.609. The molecule has 0 N–H and O–H groups in total. The number of hydrogen-bond acceptors (Lipinski definition) is 2. The van der Waals surface area contributed by atoms with Crippen molar-refractivity contribution in [2.75, 3.05) is 0 Å². The lowest BCUT2D eigenvalue weighted by Gasteiger charge is -2.10. The Morgan fingerprint density at radius 3 is 1.53 bits per heavy atom. The molecule has 0 bridgehead atoms. The summed E-state index contributed by atoms with van der Waals surface area (Å²) in [4.78, 5) is 9.95. The molecule has 11 aromatic rings. The molecule has 0 aliphatic heterocycles. The Morgan fingerprint density at radius 2 is 0.862 bits per heavy atom. The maximum absolute atomic E-state index is 13.9. The molecule has 8 aromatic carbocycles. The van der Waals surface area contributed by atoms with E-state index in [1.807, 2.05) is 54.7 Å². The Hall–Kier alpha value is -7.70. The molecule has 4 nitrogen and oxygen atoms in total. The van der Waals surface area contributed by atoms with Gasteiger partial charge in [-0.05, 0) is 106 Å². The molecule has 6 heteroatoms. The zero-order valence-corrected chi connectivity index (χ0v) is 31.0. The Kier molecular flexibility index (Phi) is 7.83. The van der Waals surface area contributed by atoms with Crippen LogP contribution in [0.3, 0.4) is 0 Å². The van der Waals surface area contributed by atoms with Crippen molar-refractivity contribution in [2.45, 2.75) is 0 Å². The standard InChI is InChI=1S/C52H32F2N4/c53-40-28-39(29-41(54)32-40)34-19-17-33(18-20-34)35-9-8-10-38(27-35)47-25-26-55-52(56-47)58-49-16-7-5-14-44(49)46-31-37(22-24-51(46)58)36-21-23-50-45(30-36)43-13-4-6-15-48(43)57(50)42-11-2-1-3-12-42/h1-32H. The van der Waals surface area contributed by atoms with Crippen LogP contribution in [-0.2, 0) is 0 Å². The third kappa shape index (κ3) is 5.65. The van der Waals surface area contributed by atoms with Gasteiger partial charge in [-0.2, -0.15) is 0 Å². The lowest BCUT2D eigenvalue weighted by molar-refractivity contribution is 0.584. The predicted molar refractivity (Wildman–Crippen MR) is 232 cm³/mol.